The summed E-state index contributed by atoms with van der Waals surface area (Å²) in [6.45, 7) is 0. The first kappa shape index (κ1) is 14.0. The van der Waals surface area contributed by atoms with Crippen molar-refractivity contribution in [1.82, 2.24) is 4.57 Å². The molecule has 0 radical (unpaired) electrons. The molecule has 0 aliphatic carbocycles. The number of benzene rings is 2. The van der Waals surface area contributed by atoms with Gasteiger partial charge in [-0.15, -0.1) is 0 Å². The fourth-order valence-corrected chi connectivity index (χ4v) is 2.08. The Balaban J connectivity index is 1.77. The highest BCUT2D eigenvalue weighted by molar-refractivity contribution is 6.04. The van der Waals surface area contributed by atoms with E-state index in [1.807, 2.05) is 29.1 Å². The van der Waals surface area contributed by atoms with Gasteiger partial charge < -0.3 is 9.88 Å². The SMILES string of the molecule is O=C(Nc1ccc(F)cc1F)c1ccc(-n2cccc2)cc1. The van der Waals surface area contributed by atoms with Crippen LogP contribution in [-0.2, 0) is 0 Å². The lowest BCUT2D eigenvalue weighted by atomic mass is 10.2. The highest BCUT2D eigenvalue weighted by Crippen LogP contribution is 2.17. The first-order chi connectivity index (χ1) is 10.6. The van der Waals surface area contributed by atoms with E-state index >= 15 is 0 Å². The minimum absolute atomic E-state index is 0.0547. The molecule has 0 atom stereocenters. The Bertz CT molecular complexity index is 796. The predicted molar refractivity (Wildman–Crippen MR) is 80.1 cm³/mol. The molecule has 0 unspecified atom stereocenters. The second-order valence-corrected chi connectivity index (χ2v) is 4.72. The number of rotatable bonds is 3. The van der Waals surface area contributed by atoms with Gasteiger partial charge in [0.15, 0.2) is 0 Å². The zero-order chi connectivity index (χ0) is 15.5. The predicted octanol–water partition coefficient (Wildman–Crippen LogP) is 4.01. The summed E-state index contributed by atoms with van der Waals surface area (Å²) in [6.07, 6.45) is 3.78. The number of nitrogens with one attached hydrogen (secondary N) is 1. The molecular formula is C17H12F2N2O. The Hall–Kier alpha value is -2.95. The minimum Gasteiger partial charge on any atom is -0.324 e. The number of hydrogen-bond acceptors (Lipinski definition) is 1. The van der Waals surface area contributed by atoms with Crippen molar-refractivity contribution in [2.45, 2.75) is 0 Å². The Kier molecular flexibility index (Phi) is 3.70. The summed E-state index contributed by atoms with van der Waals surface area (Å²) in [5.74, 6) is -1.95. The maximum atomic E-state index is 13.5. The number of nitrogens with zero attached hydrogens (tertiary/aromatic N) is 1. The zero-order valence-electron chi connectivity index (χ0n) is 11.5. The summed E-state index contributed by atoms with van der Waals surface area (Å²) in [5, 5.41) is 2.42. The Morgan fingerprint density at radius 1 is 0.955 bits per heavy atom. The van der Waals surface area contributed by atoms with E-state index in [2.05, 4.69) is 5.32 Å². The first-order valence-electron chi connectivity index (χ1n) is 6.63. The van der Waals surface area contributed by atoms with Gasteiger partial charge in [-0.1, -0.05) is 0 Å². The van der Waals surface area contributed by atoms with Crippen molar-refractivity contribution in [1.29, 1.82) is 0 Å². The summed E-state index contributed by atoms with van der Waals surface area (Å²) < 4.78 is 28.3. The lowest BCUT2D eigenvalue weighted by molar-refractivity contribution is 0.102. The first-order valence-corrected chi connectivity index (χ1v) is 6.63. The molecule has 2 aromatic carbocycles. The lowest BCUT2D eigenvalue weighted by Crippen LogP contribution is -2.13. The number of carbonyl (C=O) groups is 1. The van der Waals surface area contributed by atoms with Gasteiger partial charge in [0.2, 0.25) is 0 Å². The number of anilines is 1. The van der Waals surface area contributed by atoms with Crippen molar-refractivity contribution >= 4 is 11.6 Å². The van der Waals surface area contributed by atoms with Crippen LogP contribution in [0.25, 0.3) is 5.69 Å². The molecule has 110 valence electrons. The number of amides is 1. The normalized spacial score (nSPS) is 10.5. The summed E-state index contributed by atoms with van der Waals surface area (Å²) in [7, 11) is 0. The average molecular weight is 298 g/mol. The van der Waals surface area contributed by atoms with E-state index in [0.29, 0.717) is 5.56 Å². The summed E-state index contributed by atoms with van der Waals surface area (Å²) >= 11 is 0. The van der Waals surface area contributed by atoms with E-state index in [1.54, 1.807) is 24.3 Å². The molecule has 0 fully saturated rings. The van der Waals surface area contributed by atoms with Crippen LogP contribution in [0, 0.1) is 11.6 Å². The molecule has 3 rings (SSSR count). The van der Waals surface area contributed by atoms with E-state index in [9.17, 15) is 13.6 Å². The molecule has 5 heteroatoms. The molecule has 0 bridgehead atoms. The van der Waals surface area contributed by atoms with Gasteiger partial charge in [0.05, 0.1) is 5.69 Å². The van der Waals surface area contributed by atoms with Crippen LogP contribution in [0.2, 0.25) is 0 Å². The van der Waals surface area contributed by atoms with E-state index in [0.717, 1.165) is 17.8 Å². The van der Waals surface area contributed by atoms with Crippen LogP contribution in [-0.4, -0.2) is 10.5 Å². The maximum Gasteiger partial charge on any atom is 0.255 e. The monoisotopic (exact) mass is 298 g/mol. The summed E-state index contributed by atoms with van der Waals surface area (Å²) in [4.78, 5) is 12.1. The van der Waals surface area contributed by atoms with Gasteiger partial charge in [0, 0.05) is 29.7 Å². The van der Waals surface area contributed by atoms with Crippen LogP contribution in [0.1, 0.15) is 10.4 Å². The molecular weight excluding hydrogens is 286 g/mol. The number of hydrogen-bond donors (Lipinski definition) is 1. The van der Waals surface area contributed by atoms with Gasteiger partial charge in [-0.2, -0.15) is 0 Å². The zero-order valence-corrected chi connectivity index (χ0v) is 11.5. The molecule has 1 heterocycles. The van der Waals surface area contributed by atoms with Crippen LogP contribution < -0.4 is 5.32 Å². The third-order valence-electron chi connectivity index (χ3n) is 3.21. The van der Waals surface area contributed by atoms with Crippen LogP contribution in [0.3, 0.4) is 0 Å². The Labute approximate surface area is 125 Å². The van der Waals surface area contributed by atoms with Crippen molar-refractivity contribution in [2.24, 2.45) is 0 Å². The smallest absolute Gasteiger partial charge is 0.255 e. The average Bonchev–Trinajstić information content (AvgIpc) is 3.04. The molecule has 1 N–H and O–H groups in total. The van der Waals surface area contributed by atoms with Crippen molar-refractivity contribution in [2.75, 3.05) is 5.32 Å². The molecule has 0 saturated heterocycles. The molecule has 1 aromatic heterocycles. The van der Waals surface area contributed by atoms with Gasteiger partial charge in [0.1, 0.15) is 11.6 Å². The highest BCUT2D eigenvalue weighted by atomic mass is 19.1. The van der Waals surface area contributed by atoms with E-state index in [-0.39, 0.29) is 5.69 Å². The summed E-state index contributed by atoms with van der Waals surface area (Å²) in [5.41, 5.74) is 1.25. The molecule has 0 saturated carbocycles. The third-order valence-corrected chi connectivity index (χ3v) is 3.21. The van der Waals surface area contributed by atoms with Crippen LogP contribution >= 0.6 is 0 Å². The Morgan fingerprint density at radius 3 is 2.27 bits per heavy atom. The quantitative estimate of drug-likeness (QED) is 0.779. The molecule has 3 aromatic rings. The molecule has 3 nitrogen and oxygen atoms in total. The largest absolute Gasteiger partial charge is 0.324 e. The fourth-order valence-electron chi connectivity index (χ4n) is 2.08. The summed E-state index contributed by atoms with van der Waals surface area (Å²) in [6, 6.07) is 13.7. The number of halogens is 2. The molecule has 0 aliphatic heterocycles. The molecule has 22 heavy (non-hydrogen) atoms. The van der Waals surface area contributed by atoms with E-state index < -0.39 is 17.5 Å². The van der Waals surface area contributed by atoms with Gasteiger partial charge in [0.25, 0.3) is 5.91 Å². The third kappa shape index (κ3) is 2.88. The molecule has 1 amide bonds. The highest BCUT2D eigenvalue weighted by Gasteiger charge is 2.10. The van der Waals surface area contributed by atoms with E-state index in [4.69, 9.17) is 0 Å². The van der Waals surface area contributed by atoms with Crippen LogP contribution in [0.4, 0.5) is 14.5 Å². The minimum atomic E-state index is -0.808. The van der Waals surface area contributed by atoms with Crippen molar-refractivity contribution in [3.05, 3.63) is 84.2 Å². The van der Waals surface area contributed by atoms with Gasteiger partial charge in [-0.05, 0) is 48.5 Å². The Morgan fingerprint density at radius 2 is 1.64 bits per heavy atom. The van der Waals surface area contributed by atoms with Crippen LogP contribution in [0.15, 0.2) is 67.0 Å². The van der Waals surface area contributed by atoms with Crippen molar-refractivity contribution < 1.29 is 13.6 Å². The standard InChI is InChI=1S/C17H12F2N2O/c18-13-5-8-16(15(19)11-13)20-17(22)12-3-6-14(7-4-12)21-9-1-2-10-21/h1-11H,(H,20,22). The van der Waals surface area contributed by atoms with Crippen molar-refractivity contribution in [3.8, 4) is 5.69 Å². The van der Waals surface area contributed by atoms with Gasteiger partial charge in [-0.25, -0.2) is 8.78 Å². The molecule has 0 spiro atoms. The second-order valence-electron chi connectivity index (χ2n) is 4.72. The molecule has 0 aliphatic rings. The fraction of sp³-hybridized carbons (Fsp3) is 0. The van der Waals surface area contributed by atoms with Crippen molar-refractivity contribution in [3.63, 3.8) is 0 Å². The second kappa shape index (κ2) is 5.81. The van der Waals surface area contributed by atoms with Gasteiger partial charge in [-0.3, -0.25) is 4.79 Å². The lowest BCUT2D eigenvalue weighted by Gasteiger charge is -2.08. The van der Waals surface area contributed by atoms with Gasteiger partial charge >= 0.3 is 0 Å². The van der Waals surface area contributed by atoms with Crippen LogP contribution in [0.5, 0.6) is 0 Å². The number of carbonyl (C=O) groups excluding carboxylic acids is 1. The van der Waals surface area contributed by atoms with E-state index in [1.165, 1.54) is 6.07 Å². The maximum absolute atomic E-state index is 13.5. The number of aromatic nitrogens is 1. The topological polar surface area (TPSA) is 34.0 Å².